The first-order valence-electron chi connectivity index (χ1n) is 8.30. The van der Waals surface area contributed by atoms with Gasteiger partial charge in [-0.3, -0.25) is 4.98 Å². The van der Waals surface area contributed by atoms with E-state index in [1.165, 1.54) is 5.56 Å². The van der Waals surface area contributed by atoms with Crippen LogP contribution in [-0.4, -0.2) is 25.1 Å². The van der Waals surface area contributed by atoms with Crippen LogP contribution in [0.25, 0.3) is 0 Å². The highest BCUT2D eigenvalue weighted by molar-refractivity contribution is 5.22. The van der Waals surface area contributed by atoms with Crippen LogP contribution < -0.4 is 0 Å². The highest BCUT2D eigenvalue weighted by atomic mass is 16.3. The van der Waals surface area contributed by atoms with Crippen molar-refractivity contribution in [1.82, 2.24) is 20.0 Å². The summed E-state index contributed by atoms with van der Waals surface area (Å²) >= 11 is 0. The fourth-order valence-corrected chi connectivity index (χ4v) is 2.77. The van der Waals surface area contributed by atoms with Crippen LogP contribution in [0.4, 0.5) is 0 Å². The van der Waals surface area contributed by atoms with E-state index in [9.17, 15) is 0 Å². The Labute approximate surface area is 142 Å². The Morgan fingerprint density at radius 2 is 1.83 bits per heavy atom. The first-order chi connectivity index (χ1) is 11.8. The van der Waals surface area contributed by atoms with Gasteiger partial charge in [-0.05, 0) is 42.5 Å². The summed E-state index contributed by atoms with van der Waals surface area (Å²) in [7, 11) is 0. The summed E-state index contributed by atoms with van der Waals surface area (Å²) in [4.78, 5) is 4.44. The Balaban J connectivity index is 1.66. The molecular weight excluding hydrogens is 300 g/mol. The fraction of sp³-hybridized carbons (Fsp3) is 0.316. The Morgan fingerprint density at radius 3 is 2.50 bits per heavy atom. The van der Waals surface area contributed by atoms with Crippen molar-refractivity contribution < 1.29 is 5.11 Å². The summed E-state index contributed by atoms with van der Waals surface area (Å²) in [5.74, 6) is 0. The first-order valence-corrected chi connectivity index (χ1v) is 8.30. The van der Waals surface area contributed by atoms with Crippen molar-refractivity contribution in [2.75, 3.05) is 0 Å². The number of aromatic nitrogens is 4. The number of aliphatic hydroxyl groups is 1. The Kier molecular flexibility index (Phi) is 5.33. The van der Waals surface area contributed by atoms with E-state index < -0.39 is 0 Å². The SMILES string of the molecule is CC[C@@H](c1ccccn1)n1cc(CCc2ccc(CO)cc2)nn1. The smallest absolute Gasteiger partial charge is 0.0954 e. The summed E-state index contributed by atoms with van der Waals surface area (Å²) in [6.45, 7) is 2.21. The van der Waals surface area contributed by atoms with Crippen molar-refractivity contribution >= 4 is 0 Å². The normalized spacial score (nSPS) is 12.2. The van der Waals surface area contributed by atoms with Crippen LogP contribution >= 0.6 is 0 Å². The van der Waals surface area contributed by atoms with Crippen LogP contribution in [-0.2, 0) is 19.4 Å². The molecule has 0 bridgehead atoms. The highest BCUT2D eigenvalue weighted by Crippen LogP contribution is 2.19. The molecule has 0 unspecified atom stereocenters. The number of aryl methyl sites for hydroxylation is 2. The van der Waals surface area contributed by atoms with Crippen molar-refractivity contribution in [3.05, 3.63) is 77.4 Å². The Hall–Kier alpha value is -2.53. The number of pyridine rings is 1. The maximum Gasteiger partial charge on any atom is 0.0954 e. The monoisotopic (exact) mass is 322 g/mol. The number of benzene rings is 1. The molecular formula is C19H22N4O. The lowest BCUT2D eigenvalue weighted by Gasteiger charge is -2.13. The molecule has 2 heterocycles. The number of hydrogen-bond donors (Lipinski definition) is 1. The lowest BCUT2D eigenvalue weighted by Crippen LogP contribution is -2.11. The third-order valence-electron chi connectivity index (χ3n) is 4.17. The van der Waals surface area contributed by atoms with Gasteiger partial charge in [0.15, 0.2) is 0 Å². The Morgan fingerprint density at radius 1 is 1.04 bits per heavy atom. The van der Waals surface area contributed by atoms with Crippen LogP contribution in [0.1, 0.15) is 41.9 Å². The third kappa shape index (κ3) is 3.86. The van der Waals surface area contributed by atoms with Gasteiger partial charge in [-0.1, -0.05) is 42.5 Å². The maximum atomic E-state index is 9.08. The first kappa shape index (κ1) is 16.3. The summed E-state index contributed by atoms with van der Waals surface area (Å²) < 4.78 is 1.91. The van der Waals surface area contributed by atoms with E-state index in [1.807, 2.05) is 47.4 Å². The van der Waals surface area contributed by atoms with E-state index in [4.69, 9.17) is 5.11 Å². The van der Waals surface area contributed by atoms with Gasteiger partial charge in [-0.25, -0.2) is 4.68 Å². The average molecular weight is 322 g/mol. The number of nitrogens with zero attached hydrogens (tertiary/aromatic N) is 4. The molecule has 0 spiro atoms. The number of rotatable bonds is 7. The zero-order valence-electron chi connectivity index (χ0n) is 13.8. The van der Waals surface area contributed by atoms with Crippen molar-refractivity contribution in [2.45, 2.75) is 38.8 Å². The van der Waals surface area contributed by atoms with E-state index in [0.717, 1.165) is 36.2 Å². The van der Waals surface area contributed by atoms with Crippen LogP contribution in [0.2, 0.25) is 0 Å². The molecule has 1 N–H and O–H groups in total. The third-order valence-corrected chi connectivity index (χ3v) is 4.17. The van der Waals surface area contributed by atoms with Crippen molar-refractivity contribution in [2.24, 2.45) is 0 Å². The quantitative estimate of drug-likeness (QED) is 0.726. The topological polar surface area (TPSA) is 63.8 Å². The van der Waals surface area contributed by atoms with Gasteiger partial charge in [-0.15, -0.1) is 5.10 Å². The molecule has 1 aromatic carbocycles. The zero-order chi connectivity index (χ0) is 16.8. The lowest BCUT2D eigenvalue weighted by molar-refractivity contribution is 0.282. The molecule has 124 valence electrons. The van der Waals surface area contributed by atoms with Crippen LogP contribution in [0, 0.1) is 0 Å². The summed E-state index contributed by atoms with van der Waals surface area (Å²) in [5, 5.41) is 17.7. The molecule has 3 rings (SSSR count). The molecule has 5 heteroatoms. The fourth-order valence-electron chi connectivity index (χ4n) is 2.77. The van der Waals surface area contributed by atoms with E-state index in [2.05, 4.69) is 34.4 Å². The van der Waals surface area contributed by atoms with Gasteiger partial charge in [-0.2, -0.15) is 0 Å². The molecule has 1 atom stereocenters. The molecule has 2 aromatic heterocycles. The minimum absolute atomic E-state index is 0.0839. The van der Waals surface area contributed by atoms with Crippen molar-refractivity contribution in [1.29, 1.82) is 0 Å². The molecule has 0 aliphatic carbocycles. The van der Waals surface area contributed by atoms with E-state index >= 15 is 0 Å². The van der Waals surface area contributed by atoms with Gasteiger partial charge in [0, 0.05) is 12.4 Å². The Bertz CT molecular complexity index is 753. The van der Waals surface area contributed by atoms with Gasteiger partial charge >= 0.3 is 0 Å². The molecule has 0 saturated heterocycles. The highest BCUT2D eigenvalue weighted by Gasteiger charge is 2.14. The predicted octanol–water partition coefficient (Wildman–Crippen LogP) is 2.95. The van der Waals surface area contributed by atoms with Crippen LogP contribution in [0.15, 0.2) is 54.9 Å². The minimum atomic E-state index is 0.0839. The van der Waals surface area contributed by atoms with E-state index in [1.54, 1.807) is 0 Å². The summed E-state index contributed by atoms with van der Waals surface area (Å²) in [6.07, 6.45) is 6.50. The zero-order valence-corrected chi connectivity index (χ0v) is 13.8. The summed E-state index contributed by atoms with van der Waals surface area (Å²) in [5.41, 5.74) is 4.16. The molecule has 0 radical (unpaired) electrons. The van der Waals surface area contributed by atoms with Crippen molar-refractivity contribution in [3.63, 3.8) is 0 Å². The van der Waals surface area contributed by atoms with Gasteiger partial charge in [0.1, 0.15) is 0 Å². The standard InChI is InChI=1S/C19H22N4O/c1-2-19(18-5-3-4-12-20-18)23-13-17(21-22-23)11-10-15-6-8-16(14-24)9-7-15/h3-9,12-13,19,24H,2,10-11,14H2,1H3/t19-/m0/s1. The minimum Gasteiger partial charge on any atom is -0.392 e. The average Bonchev–Trinajstić information content (AvgIpc) is 3.11. The van der Waals surface area contributed by atoms with Crippen molar-refractivity contribution in [3.8, 4) is 0 Å². The number of aliphatic hydroxyl groups excluding tert-OH is 1. The largest absolute Gasteiger partial charge is 0.392 e. The van der Waals surface area contributed by atoms with E-state index in [-0.39, 0.29) is 12.6 Å². The molecule has 24 heavy (non-hydrogen) atoms. The molecule has 5 nitrogen and oxygen atoms in total. The molecule has 3 aromatic rings. The van der Waals surface area contributed by atoms with Crippen LogP contribution in [0.5, 0.6) is 0 Å². The number of hydrogen-bond acceptors (Lipinski definition) is 4. The maximum absolute atomic E-state index is 9.08. The van der Waals surface area contributed by atoms with E-state index in [0.29, 0.717) is 0 Å². The molecule has 0 saturated carbocycles. The lowest BCUT2D eigenvalue weighted by atomic mass is 10.1. The van der Waals surface area contributed by atoms with Gasteiger partial charge in [0.25, 0.3) is 0 Å². The van der Waals surface area contributed by atoms with Gasteiger partial charge in [0.05, 0.1) is 24.0 Å². The predicted molar refractivity (Wildman–Crippen MR) is 92.5 cm³/mol. The molecule has 0 fully saturated rings. The molecule has 0 aliphatic rings. The van der Waals surface area contributed by atoms with Crippen LogP contribution in [0.3, 0.4) is 0 Å². The van der Waals surface area contributed by atoms with Gasteiger partial charge < -0.3 is 5.11 Å². The van der Waals surface area contributed by atoms with Gasteiger partial charge in [0.2, 0.25) is 0 Å². The second-order valence-corrected chi connectivity index (χ2v) is 5.84. The molecule has 0 aliphatic heterocycles. The molecule has 0 amide bonds. The second-order valence-electron chi connectivity index (χ2n) is 5.84. The summed E-state index contributed by atoms with van der Waals surface area (Å²) in [6, 6.07) is 14.1. The second kappa shape index (κ2) is 7.84.